The number of methoxy groups -OCH3 is 4. The molecule has 2 unspecified atom stereocenters. The summed E-state index contributed by atoms with van der Waals surface area (Å²) in [6.45, 7) is 0. The van der Waals surface area contributed by atoms with Gasteiger partial charge in [-0.3, -0.25) is 20.2 Å². The van der Waals surface area contributed by atoms with E-state index in [1.54, 1.807) is 36.4 Å². The van der Waals surface area contributed by atoms with E-state index in [2.05, 4.69) is 21.3 Å². The van der Waals surface area contributed by atoms with Crippen LogP contribution in [-0.4, -0.2) is 51.4 Å². The molecule has 2 atom stereocenters. The smallest absolute Gasteiger partial charge is 0.328 e. The molecule has 2 aliphatic rings. The molecule has 12 heteroatoms. The summed E-state index contributed by atoms with van der Waals surface area (Å²) in [6.07, 6.45) is 0. The molecule has 11 nitrogen and oxygen atoms in total. The van der Waals surface area contributed by atoms with Crippen LogP contribution in [0.3, 0.4) is 0 Å². The summed E-state index contributed by atoms with van der Waals surface area (Å²) in [7, 11) is 5.95. The summed E-state index contributed by atoms with van der Waals surface area (Å²) in [4.78, 5) is 39.2. The number of hydrogen-bond acceptors (Lipinski definition) is 8. The zero-order chi connectivity index (χ0) is 25.3. The Morgan fingerprint density at radius 3 is 1.46 bits per heavy atom. The first-order valence-electron chi connectivity index (χ1n) is 10.5. The second kappa shape index (κ2) is 9.29. The molecule has 184 valence electrons. The number of benzene rings is 2. The van der Waals surface area contributed by atoms with Crippen LogP contribution in [0.25, 0.3) is 0 Å². The second-order valence-corrected chi connectivity index (χ2v) is 8.23. The largest absolute Gasteiger partial charge is 0.493 e. The monoisotopic (exact) mass is 500 g/mol. The van der Waals surface area contributed by atoms with Gasteiger partial charge >= 0.3 is 6.03 Å². The third-order valence-corrected chi connectivity index (χ3v) is 6.38. The van der Waals surface area contributed by atoms with Crippen molar-refractivity contribution in [2.75, 3.05) is 28.4 Å². The Balaban J connectivity index is 1.95. The van der Waals surface area contributed by atoms with Gasteiger partial charge in [0, 0.05) is 0 Å². The van der Waals surface area contributed by atoms with E-state index in [1.807, 2.05) is 0 Å². The van der Waals surface area contributed by atoms with Crippen LogP contribution in [0.1, 0.15) is 23.2 Å². The molecular formula is C23H24N4O7S. The van der Waals surface area contributed by atoms with E-state index in [-0.39, 0.29) is 5.11 Å². The predicted octanol–water partition coefficient (Wildman–Crippen LogP) is 1.33. The number of nitrogens with one attached hydrogen (secondary N) is 4. The minimum Gasteiger partial charge on any atom is -0.493 e. The fraction of sp³-hybridized carbons (Fsp3) is 0.304. The van der Waals surface area contributed by atoms with Gasteiger partial charge < -0.3 is 29.6 Å². The summed E-state index contributed by atoms with van der Waals surface area (Å²) >= 11 is 5.47. The highest BCUT2D eigenvalue weighted by atomic mass is 32.1. The second-order valence-electron chi connectivity index (χ2n) is 7.82. The Kier molecular flexibility index (Phi) is 6.39. The highest BCUT2D eigenvalue weighted by molar-refractivity contribution is 7.80. The normalized spacial score (nSPS) is 20.8. The molecule has 0 aromatic heterocycles. The van der Waals surface area contributed by atoms with E-state index >= 15 is 0 Å². The number of thiocarbonyl (C=S) groups is 1. The average molecular weight is 501 g/mol. The number of carbonyl (C=O) groups is 3. The van der Waals surface area contributed by atoms with Crippen LogP contribution >= 0.6 is 12.2 Å². The highest BCUT2D eigenvalue weighted by Gasteiger charge is 2.64. The fourth-order valence-corrected chi connectivity index (χ4v) is 4.76. The molecule has 2 fully saturated rings. The Morgan fingerprint density at radius 1 is 0.686 bits per heavy atom. The van der Waals surface area contributed by atoms with Gasteiger partial charge in [0.05, 0.1) is 40.5 Å². The van der Waals surface area contributed by atoms with Crippen LogP contribution < -0.4 is 40.2 Å². The minimum absolute atomic E-state index is 0.202. The highest BCUT2D eigenvalue weighted by Crippen LogP contribution is 2.50. The first-order chi connectivity index (χ1) is 16.8. The molecule has 0 radical (unpaired) electrons. The van der Waals surface area contributed by atoms with Crippen molar-refractivity contribution in [2.45, 2.75) is 12.1 Å². The van der Waals surface area contributed by atoms with E-state index in [9.17, 15) is 14.4 Å². The first-order valence-corrected chi connectivity index (χ1v) is 10.9. The average Bonchev–Trinajstić information content (AvgIpc) is 2.86. The molecule has 1 spiro atoms. The van der Waals surface area contributed by atoms with Gasteiger partial charge in [-0.2, -0.15) is 0 Å². The van der Waals surface area contributed by atoms with E-state index < -0.39 is 35.3 Å². The Labute approximate surface area is 206 Å². The number of carbonyl (C=O) groups excluding carboxylic acids is 3. The molecule has 0 saturated carbocycles. The van der Waals surface area contributed by atoms with E-state index in [4.69, 9.17) is 31.2 Å². The third-order valence-electron chi connectivity index (χ3n) is 6.15. The maximum Gasteiger partial charge on any atom is 0.328 e. The van der Waals surface area contributed by atoms with Crippen LogP contribution in [0.15, 0.2) is 36.4 Å². The zero-order valence-corrected chi connectivity index (χ0v) is 20.2. The maximum atomic E-state index is 13.6. The lowest BCUT2D eigenvalue weighted by Gasteiger charge is -2.49. The van der Waals surface area contributed by atoms with Gasteiger partial charge in [0.1, 0.15) is 0 Å². The third kappa shape index (κ3) is 3.85. The van der Waals surface area contributed by atoms with Gasteiger partial charge in [-0.1, -0.05) is 12.1 Å². The number of imide groups is 2. The molecule has 0 aliphatic carbocycles. The summed E-state index contributed by atoms with van der Waals surface area (Å²) in [5.74, 6) is 0.113. The van der Waals surface area contributed by atoms with E-state index in [0.717, 1.165) is 0 Å². The van der Waals surface area contributed by atoms with Crippen molar-refractivity contribution in [3.05, 3.63) is 47.5 Å². The van der Waals surface area contributed by atoms with Gasteiger partial charge in [-0.15, -0.1) is 0 Å². The predicted molar refractivity (Wildman–Crippen MR) is 128 cm³/mol. The van der Waals surface area contributed by atoms with Crippen LogP contribution in [0.2, 0.25) is 0 Å². The lowest BCUT2D eigenvalue weighted by molar-refractivity contribution is -0.149. The summed E-state index contributed by atoms with van der Waals surface area (Å²) in [5, 5.41) is 10.8. The van der Waals surface area contributed by atoms with Crippen LogP contribution in [0, 0.1) is 5.41 Å². The number of urea groups is 1. The molecule has 4 amide bonds. The Hall–Kier alpha value is -4.06. The quantitative estimate of drug-likeness (QED) is 0.340. The summed E-state index contributed by atoms with van der Waals surface area (Å²) in [6, 6.07) is 7.12. The van der Waals surface area contributed by atoms with E-state index in [0.29, 0.717) is 34.1 Å². The van der Waals surface area contributed by atoms with Crippen molar-refractivity contribution in [3.8, 4) is 23.0 Å². The number of barbiturate groups is 1. The van der Waals surface area contributed by atoms with Crippen molar-refractivity contribution >= 4 is 35.2 Å². The van der Waals surface area contributed by atoms with Crippen molar-refractivity contribution in [1.82, 2.24) is 21.3 Å². The summed E-state index contributed by atoms with van der Waals surface area (Å²) < 4.78 is 21.5. The zero-order valence-electron chi connectivity index (χ0n) is 19.4. The van der Waals surface area contributed by atoms with Crippen LogP contribution in [-0.2, 0) is 9.59 Å². The van der Waals surface area contributed by atoms with Gasteiger partial charge in [0.2, 0.25) is 11.8 Å². The molecular weight excluding hydrogens is 476 g/mol. The Bertz CT molecular complexity index is 1130. The fourth-order valence-electron chi connectivity index (χ4n) is 4.53. The molecule has 2 aromatic carbocycles. The number of ether oxygens (including phenoxy) is 4. The molecule has 35 heavy (non-hydrogen) atoms. The molecule has 2 aliphatic heterocycles. The number of rotatable bonds is 6. The number of amides is 4. The van der Waals surface area contributed by atoms with Gasteiger partial charge in [-0.25, -0.2) is 4.79 Å². The van der Waals surface area contributed by atoms with Crippen LogP contribution in [0.4, 0.5) is 4.79 Å². The SMILES string of the molecule is COc1ccc(C2NC(=S)NC(c3ccc(OC)c(OC)c3)C23C(=O)NC(=O)NC3=O)cc1OC. The number of hydrogen-bond donors (Lipinski definition) is 4. The van der Waals surface area contributed by atoms with Crippen molar-refractivity contribution in [3.63, 3.8) is 0 Å². The molecule has 4 rings (SSSR count). The van der Waals surface area contributed by atoms with Gasteiger partial charge in [-0.05, 0) is 47.6 Å². The topological polar surface area (TPSA) is 136 Å². The lowest BCUT2D eigenvalue weighted by atomic mass is 9.65. The van der Waals surface area contributed by atoms with Crippen LogP contribution in [0.5, 0.6) is 23.0 Å². The molecule has 2 saturated heterocycles. The minimum atomic E-state index is -1.88. The van der Waals surface area contributed by atoms with E-state index in [1.165, 1.54) is 28.4 Å². The molecule has 4 N–H and O–H groups in total. The molecule has 2 aromatic rings. The van der Waals surface area contributed by atoms with Crippen molar-refractivity contribution in [1.29, 1.82) is 0 Å². The maximum absolute atomic E-state index is 13.6. The standard InChI is InChI=1S/C23H24N4O7S/c1-31-13-7-5-11(9-15(13)33-3)17-23(19(28)26-21(30)27-20(23)29)18(25-22(35)24-17)12-6-8-14(32-2)16(10-12)34-4/h5-10,17-18H,1-4H3,(H2,24,25,35)(H2,26,27,28,29,30). The Morgan fingerprint density at radius 2 is 1.09 bits per heavy atom. The van der Waals surface area contributed by atoms with Gasteiger partial charge in [0.15, 0.2) is 33.5 Å². The van der Waals surface area contributed by atoms with Crippen molar-refractivity contribution in [2.24, 2.45) is 5.41 Å². The van der Waals surface area contributed by atoms with Crippen molar-refractivity contribution < 1.29 is 33.3 Å². The first kappa shape index (κ1) is 24.1. The molecule has 2 heterocycles. The van der Waals surface area contributed by atoms with Gasteiger partial charge in [0.25, 0.3) is 0 Å². The summed E-state index contributed by atoms with van der Waals surface area (Å²) in [5.41, 5.74) is -0.858. The lowest BCUT2D eigenvalue weighted by Crippen LogP contribution is -2.73. The molecule has 0 bridgehead atoms.